The highest BCUT2D eigenvalue weighted by atomic mass is 31.1. The average Bonchev–Trinajstić information content (AvgIpc) is 2.52. The molecule has 0 aliphatic rings. The Morgan fingerprint density at radius 3 is 1.39 bits per heavy atom. The van der Waals surface area contributed by atoms with Gasteiger partial charge in [0.15, 0.2) is 0 Å². The van der Waals surface area contributed by atoms with Crippen LogP contribution >= 0.6 is 8.58 Å². The van der Waals surface area contributed by atoms with Gasteiger partial charge in [0.25, 0.3) is 0 Å². The van der Waals surface area contributed by atoms with E-state index in [2.05, 4.69) is 27.7 Å². The van der Waals surface area contributed by atoms with Crippen molar-refractivity contribution in [2.24, 2.45) is 0 Å². The van der Waals surface area contributed by atoms with Gasteiger partial charge in [0.2, 0.25) is 0 Å². The molecule has 1 unspecified atom stereocenters. The molecule has 0 N–H and O–H groups in total. The van der Waals surface area contributed by atoms with E-state index < -0.39 is 0 Å². The Bertz CT molecular complexity index is 222. The van der Waals surface area contributed by atoms with Crippen molar-refractivity contribution in [2.75, 3.05) is 6.16 Å². The first kappa shape index (κ1) is 23.4. The summed E-state index contributed by atoms with van der Waals surface area (Å²) in [6.45, 7) is 9.58. The zero-order chi connectivity index (χ0) is 17.2. The molecule has 0 spiro atoms. The van der Waals surface area contributed by atoms with E-state index in [9.17, 15) is 0 Å². The van der Waals surface area contributed by atoms with Crippen molar-refractivity contribution in [2.45, 2.75) is 136 Å². The average molecular weight is 343 g/mol. The Morgan fingerprint density at radius 1 is 0.522 bits per heavy atom. The second-order valence-electron chi connectivity index (χ2n) is 8.16. The summed E-state index contributed by atoms with van der Waals surface area (Å²) in [5, 5.41) is 0.618. The molecule has 0 fully saturated rings. The van der Waals surface area contributed by atoms with Crippen molar-refractivity contribution in [3.8, 4) is 0 Å². The highest BCUT2D eigenvalue weighted by Crippen LogP contribution is 2.36. The van der Waals surface area contributed by atoms with Crippen LogP contribution in [0.2, 0.25) is 0 Å². The molecule has 140 valence electrons. The molecular formula is C22H47P. The minimum absolute atomic E-state index is 0.618. The van der Waals surface area contributed by atoms with E-state index in [4.69, 9.17) is 0 Å². The lowest BCUT2D eigenvalue weighted by atomic mass is 10.0. The Labute approximate surface area is 150 Å². The van der Waals surface area contributed by atoms with Crippen molar-refractivity contribution in [3.05, 3.63) is 0 Å². The summed E-state index contributed by atoms with van der Waals surface area (Å²) in [7, 11) is 1.18. The van der Waals surface area contributed by atoms with Gasteiger partial charge in [0.05, 0.1) is 0 Å². The van der Waals surface area contributed by atoms with Gasteiger partial charge in [-0.25, -0.2) is 0 Å². The Morgan fingerprint density at radius 2 is 0.913 bits per heavy atom. The van der Waals surface area contributed by atoms with E-state index in [-0.39, 0.29) is 0 Å². The van der Waals surface area contributed by atoms with E-state index in [1.807, 2.05) is 0 Å². The Kier molecular flexibility index (Phi) is 17.6. The van der Waals surface area contributed by atoms with Gasteiger partial charge < -0.3 is 0 Å². The molecule has 0 saturated carbocycles. The first-order valence-corrected chi connectivity index (χ1v) is 12.1. The Balaban J connectivity index is 3.20. The monoisotopic (exact) mass is 342 g/mol. The predicted octanol–water partition coefficient (Wildman–Crippen LogP) is 8.72. The molecule has 0 bridgehead atoms. The molecule has 1 heteroatoms. The summed E-state index contributed by atoms with van der Waals surface area (Å²) >= 11 is 0. The van der Waals surface area contributed by atoms with E-state index in [0.29, 0.717) is 5.16 Å². The third-order valence-electron chi connectivity index (χ3n) is 5.04. The SMILES string of the molecule is CCCCCCCCCCCCCCPC(C)(C)CCCCC. The van der Waals surface area contributed by atoms with Crippen LogP contribution in [0.15, 0.2) is 0 Å². The van der Waals surface area contributed by atoms with Crippen LogP contribution in [0, 0.1) is 0 Å². The molecule has 0 aromatic heterocycles. The summed E-state index contributed by atoms with van der Waals surface area (Å²) in [6, 6.07) is 0. The Hall–Kier alpha value is 0.430. The van der Waals surface area contributed by atoms with Gasteiger partial charge in [-0.05, 0) is 24.2 Å². The van der Waals surface area contributed by atoms with Crippen LogP contribution in [0.4, 0.5) is 0 Å². The first-order chi connectivity index (χ1) is 11.1. The lowest BCUT2D eigenvalue weighted by molar-refractivity contribution is 0.547. The molecule has 0 radical (unpaired) electrons. The highest BCUT2D eigenvalue weighted by molar-refractivity contribution is 7.39. The van der Waals surface area contributed by atoms with Crippen molar-refractivity contribution in [3.63, 3.8) is 0 Å². The van der Waals surface area contributed by atoms with E-state index in [0.717, 1.165) is 0 Å². The normalized spacial score (nSPS) is 12.5. The molecule has 0 rings (SSSR count). The summed E-state index contributed by atoms with van der Waals surface area (Å²) in [6.07, 6.45) is 24.8. The van der Waals surface area contributed by atoms with E-state index in [1.54, 1.807) is 0 Å². The number of hydrogen-bond donors (Lipinski definition) is 0. The minimum atomic E-state index is 0.618. The van der Waals surface area contributed by atoms with Gasteiger partial charge in [-0.1, -0.05) is 118 Å². The van der Waals surface area contributed by atoms with Crippen LogP contribution in [0.25, 0.3) is 0 Å². The standard InChI is InChI=1S/C22H47P/c1-5-7-9-10-11-12-13-14-15-16-17-19-21-23-22(3,4)20-18-8-6-2/h23H,5-21H2,1-4H3. The lowest BCUT2D eigenvalue weighted by Gasteiger charge is -2.24. The second-order valence-corrected chi connectivity index (χ2v) is 10.4. The predicted molar refractivity (Wildman–Crippen MR) is 112 cm³/mol. The van der Waals surface area contributed by atoms with Crippen molar-refractivity contribution in [1.82, 2.24) is 0 Å². The fourth-order valence-corrected chi connectivity index (χ4v) is 4.76. The zero-order valence-corrected chi connectivity index (χ0v) is 18.0. The lowest BCUT2D eigenvalue weighted by Crippen LogP contribution is -2.13. The first-order valence-electron chi connectivity index (χ1n) is 10.9. The second kappa shape index (κ2) is 17.3. The minimum Gasteiger partial charge on any atom is -0.116 e. The molecule has 0 saturated heterocycles. The van der Waals surface area contributed by atoms with Gasteiger partial charge >= 0.3 is 0 Å². The summed E-state index contributed by atoms with van der Waals surface area (Å²) in [4.78, 5) is 0. The largest absolute Gasteiger partial charge is 0.116 e. The van der Waals surface area contributed by atoms with E-state index >= 15 is 0 Å². The van der Waals surface area contributed by atoms with Crippen LogP contribution in [0.5, 0.6) is 0 Å². The number of rotatable bonds is 18. The molecule has 0 aliphatic heterocycles. The summed E-state index contributed by atoms with van der Waals surface area (Å²) < 4.78 is 0. The van der Waals surface area contributed by atoms with Crippen molar-refractivity contribution < 1.29 is 0 Å². The number of hydrogen-bond acceptors (Lipinski definition) is 0. The van der Waals surface area contributed by atoms with Gasteiger partial charge in [0, 0.05) is 0 Å². The molecular weight excluding hydrogens is 295 g/mol. The smallest absolute Gasteiger partial charge is 0.0179 e. The summed E-state index contributed by atoms with van der Waals surface area (Å²) in [5.74, 6) is 0. The zero-order valence-electron chi connectivity index (χ0n) is 17.0. The van der Waals surface area contributed by atoms with Crippen LogP contribution in [-0.2, 0) is 0 Å². The maximum Gasteiger partial charge on any atom is -0.0179 e. The van der Waals surface area contributed by atoms with Gasteiger partial charge in [-0.15, -0.1) is 8.58 Å². The third-order valence-corrected chi connectivity index (χ3v) is 6.85. The third kappa shape index (κ3) is 18.6. The quantitative estimate of drug-likeness (QED) is 0.172. The molecule has 0 heterocycles. The van der Waals surface area contributed by atoms with Gasteiger partial charge in [-0.2, -0.15) is 0 Å². The molecule has 0 nitrogen and oxygen atoms in total. The van der Waals surface area contributed by atoms with Crippen LogP contribution < -0.4 is 0 Å². The molecule has 0 aromatic carbocycles. The molecule has 0 aliphatic carbocycles. The molecule has 1 atom stereocenters. The van der Waals surface area contributed by atoms with Crippen LogP contribution in [-0.4, -0.2) is 11.3 Å². The maximum atomic E-state index is 2.49. The molecule has 0 amide bonds. The van der Waals surface area contributed by atoms with Gasteiger partial charge in [0.1, 0.15) is 0 Å². The fourth-order valence-electron chi connectivity index (χ4n) is 3.30. The summed E-state index contributed by atoms with van der Waals surface area (Å²) in [5.41, 5.74) is 0. The van der Waals surface area contributed by atoms with Crippen LogP contribution in [0.3, 0.4) is 0 Å². The maximum absolute atomic E-state index is 2.49. The molecule has 23 heavy (non-hydrogen) atoms. The fraction of sp³-hybridized carbons (Fsp3) is 1.00. The van der Waals surface area contributed by atoms with E-state index in [1.165, 1.54) is 117 Å². The highest BCUT2D eigenvalue weighted by Gasteiger charge is 2.16. The van der Waals surface area contributed by atoms with Crippen LogP contribution in [0.1, 0.15) is 130 Å². The van der Waals surface area contributed by atoms with Crippen molar-refractivity contribution in [1.29, 1.82) is 0 Å². The number of unbranched alkanes of at least 4 members (excludes halogenated alkanes) is 13. The molecule has 0 aromatic rings. The van der Waals surface area contributed by atoms with Crippen molar-refractivity contribution >= 4 is 8.58 Å². The van der Waals surface area contributed by atoms with Gasteiger partial charge in [-0.3, -0.25) is 0 Å². The topological polar surface area (TPSA) is 0 Å².